The van der Waals surface area contributed by atoms with Crippen LogP contribution in [0.15, 0.2) is 18.3 Å². The molecule has 1 aromatic rings. The van der Waals surface area contributed by atoms with Gasteiger partial charge in [-0.3, -0.25) is 4.98 Å². The molecule has 2 N–H and O–H groups in total. The zero-order valence-corrected chi connectivity index (χ0v) is 10.1. The highest BCUT2D eigenvalue weighted by Gasteiger charge is 2.05. The summed E-state index contributed by atoms with van der Waals surface area (Å²) >= 11 is 3.66. The van der Waals surface area contributed by atoms with Crippen LogP contribution >= 0.6 is 15.9 Å². The molecule has 0 fully saturated rings. The Morgan fingerprint density at radius 3 is 3.00 bits per heavy atom. The summed E-state index contributed by atoms with van der Waals surface area (Å²) in [6, 6.07) is 3.76. The molecule has 0 radical (unpaired) electrons. The Morgan fingerprint density at radius 2 is 2.36 bits per heavy atom. The van der Waals surface area contributed by atoms with Crippen LogP contribution in [0.2, 0.25) is 0 Å². The van der Waals surface area contributed by atoms with E-state index in [1.807, 2.05) is 12.1 Å². The van der Waals surface area contributed by atoms with Crippen LogP contribution in [0.3, 0.4) is 0 Å². The summed E-state index contributed by atoms with van der Waals surface area (Å²) < 4.78 is 0. The number of halogens is 1. The lowest BCUT2D eigenvalue weighted by molar-refractivity contribution is 0.682. The Bertz CT molecular complexity index is 276. The average Bonchev–Trinajstić information content (AvgIpc) is 2.15. The molecule has 0 aliphatic carbocycles. The maximum absolute atomic E-state index is 5.68. The summed E-state index contributed by atoms with van der Waals surface area (Å²) in [6.07, 6.45) is 6.44. The fourth-order valence-corrected chi connectivity index (χ4v) is 2.02. The lowest BCUT2D eigenvalue weighted by atomic mass is 10.1. The summed E-state index contributed by atoms with van der Waals surface area (Å²) in [6.45, 7) is 2.21. The molecule has 0 bridgehead atoms. The second-order valence-electron chi connectivity index (χ2n) is 3.52. The fraction of sp³-hybridized carbons (Fsp3) is 0.545. The quantitative estimate of drug-likeness (QED) is 0.823. The van der Waals surface area contributed by atoms with Crippen LogP contribution in [0.25, 0.3) is 0 Å². The summed E-state index contributed by atoms with van der Waals surface area (Å²) in [7, 11) is 0. The predicted molar refractivity (Wildman–Crippen MR) is 64.6 cm³/mol. The second-order valence-corrected chi connectivity index (χ2v) is 4.82. The largest absolute Gasteiger partial charge is 0.399 e. The third kappa shape index (κ3) is 4.09. The van der Waals surface area contributed by atoms with Gasteiger partial charge in [-0.1, -0.05) is 35.7 Å². The summed E-state index contributed by atoms with van der Waals surface area (Å²) in [5, 5.41) is 0. The van der Waals surface area contributed by atoms with Gasteiger partial charge in [-0.05, 0) is 18.6 Å². The highest BCUT2D eigenvalue weighted by molar-refractivity contribution is 9.09. The highest BCUT2D eigenvalue weighted by atomic mass is 79.9. The number of hydrogen-bond donors (Lipinski definition) is 1. The van der Waals surface area contributed by atoms with Crippen molar-refractivity contribution in [1.82, 2.24) is 4.98 Å². The van der Waals surface area contributed by atoms with E-state index in [-0.39, 0.29) is 0 Å². The molecule has 3 heteroatoms. The summed E-state index contributed by atoms with van der Waals surface area (Å²) in [4.78, 5) is 4.80. The van der Waals surface area contributed by atoms with Gasteiger partial charge in [0.15, 0.2) is 0 Å². The highest BCUT2D eigenvalue weighted by Crippen LogP contribution is 2.15. The molecule has 0 spiro atoms. The minimum absolute atomic E-state index is 0.525. The van der Waals surface area contributed by atoms with Gasteiger partial charge in [-0.2, -0.15) is 0 Å². The van der Waals surface area contributed by atoms with E-state index in [9.17, 15) is 0 Å². The molecular formula is C11H17BrN2. The molecule has 1 aromatic heterocycles. The normalized spacial score (nSPS) is 12.7. The molecule has 0 saturated heterocycles. The van der Waals surface area contributed by atoms with Crippen molar-refractivity contribution < 1.29 is 0 Å². The van der Waals surface area contributed by atoms with Crippen LogP contribution in [-0.4, -0.2) is 9.81 Å². The van der Waals surface area contributed by atoms with Gasteiger partial charge in [0.1, 0.15) is 0 Å². The zero-order chi connectivity index (χ0) is 10.4. The number of pyridine rings is 1. The fourth-order valence-electron chi connectivity index (χ4n) is 1.36. The first kappa shape index (κ1) is 11.5. The Labute approximate surface area is 94.0 Å². The second kappa shape index (κ2) is 6.02. The first-order valence-electron chi connectivity index (χ1n) is 5.07. The van der Waals surface area contributed by atoms with Crippen LogP contribution in [0, 0.1) is 0 Å². The van der Waals surface area contributed by atoms with Gasteiger partial charge < -0.3 is 5.73 Å². The van der Waals surface area contributed by atoms with Crippen molar-refractivity contribution >= 4 is 21.6 Å². The first-order valence-corrected chi connectivity index (χ1v) is 5.98. The number of hydrogen-bond acceptors (Lipinski definition) is 2. The number of anilines is 1. The standard InChI is InChI=1S/C11H17BrN2/c1-2-3-4-9(12)7-11-8-10(13)5-6-14-11/h5-6,8-9H,2-4,7H2,1H3,(H2,13,14)/t9-/m1/s1. The van der Waals surface area contributed by atoms with Crippen molar-refractivity contribution in [2.75, 3.05) is 5.73 Å². The number of alkyl halides is 1. The molecule has 0 aromatic carbocycles. The van der Waals surface area contributed by atoms with E-state index < -0.39 is 0 Å². The van der Waals surface area contributed by atoms with Crippen LogP contribution < -0.4 is 5.73 Å². The van der Waals surface area contributed by atoms with E-state index >= 15 is 0 Å². The molecule has 2 nitrogen and oxygen atoms in total. The van der Waals surface area contributed by atoms with Crippen molar-refractivity contribution in [1.29, 1.82) is 0 Å². The molecule has 1 atom stereocenters. The van der Waals surface area contributed by atoms with E-state index in [4.69, 9.17) is 5.73 Å². The molecule has 14 heavy (non-hydrogen) atoms. The molecule has 0 aliphatic heterocycles. The van der Waals surface area contributed by atoms with E-state index in [0.717, 1.165) is 17.8 Å². The molecule has 0 saturated carbocycles. The van der Waals surface area contributed by atoms with Crippen molar-refractivity contribution in [3.05, 3.63) is 24.0 Å². The molecule has 78 valence electrons. The number of nitrogens with two attached hydrogens (primary N) is 1. The monoisotopic (exact) mass is 256 g/mol. The van der Waals surface area contributed by atoms with Crippen LogP contribution in [0.1, 0.15) is 31.9 Å². The lowest BCUT2D eigenvalue weighted by Gasteiger charge is -2.08. The summed E-state index contributed by atoms with van der Waals surface area (Å²) in [5.41, 5.74) is 7.55. The van der Waals surface area contributed by atoms with E-state index in [2.05, 4.69) is 27.8 Å². The third-order valence-corrected chi connectivity index (χ3v) is 2.92. The van der Waals surface area contributed by atoms with Crippen molar-refractivity contribution in [3.8, 4) is 0 Å². The third-order valence-electron chi connectivity index (χ3n) is 2.14. The molecule has 1 rings (SSSR count). The van der Waals surface area contributed by atoms with Crippen molar-refractivity contribution in [2.24, 2.45) is 0 Å². The molecule has 1 heterocycles. The van der Waals surface area contributed by atoms with E-state index in [0.29, 0.717) is 4.83 Å². The predicted octanol–water partition coefficient (Wildman–Crippen LogP) is 3.16. The van der Waals surface area contributed by atoms with E-state index in [1.165, 1.54) is 19.3 Å². The van der Waals surface area contributed by atoms with Gasteiger partial charge in [-0.25, -0.2) is 0 Å². The Kier molecular flexibility index (Phi) is 4.94. The number of nitrogen functional groups attached to an aromatic ring is 1. The van der Waals surface area contributed by atoms with Crippen molar-refractivity contribution in [3.63, 3.8) is 0 Å². The van der Waals surface area contributed by atoms with E-state index in [1.54, 1.807) is 6.20 Å². The van der Waals surface area contributed by atoms with Crippen LogP contribution in [-0.2, 0) is 6.42 Å². The average molecular weight is 257 g/mol. The minimum atomic E-state index is 0.525. The molecule has 0 amide bonds. The maximum atomic E-state index is 5.68. The van der Waals surface area contributed by atoms with Crippen molar-refractivity contribution in [2.45, 2.75) is 37.4 Å². The van der Waals surface area contributed by atoms with Gasteiger partial charge >= 0.3 is 0 Å². The maximum Gasteiger partial charge on any atom is 0.0435 e. The van der Waals surface area contributed by atoms with Gasteiger partial charge in [-0.15, -0.1) is 0 Å². The van der Waals surface area contributed by atoms with Crippen LogP contribution in [0.4, 0.5) is 5.69 Å². The van der Waals surface area contributed by atoms with Gasteiger partial charge in [0.2, 0.25) is 0 Å². The summed E-state index contributed by atoms with van der Waals surface area (Å²) in [5.74, 6) is 0. The van der Waals surface area contributed by atoms with Gasteiger partial charge in [0.25, 0.3) is 0 Å². The molecular weight excluding hydrogens is 240 g/mol. The number of aromatic nitrogens is 1. The van der Waals surface area contributed by atoms with Crippen LogP contribution in [0.5, 0.6) is 0 Å². The SMILES string of the molecule is CCCC[C@@H](Br)Cc1cc(N)ccn1. The van der Waals surface area contributed by atoms with Gasteiger partial charge in [0, 0.05) is 28.8 Å². The number of unbranched alkanes of at least 4 members (excludes halogenated alkanes) is 1. The van der Waals surface area contributed by atoms with Gasteiger partial charge in [0.05, 0.1) is 0 Å². The minimum Gasteiger partial charge on any atom is -0.399 e. The number of rotatable bonds is 5. The first-order chi connectivity index (χ1) is 6.72. The Morgan fingerprint density at radius 1 is 1.57 bits per heavy atom. The molecule has 0 unspecified atom stereocenters. The Hall–Kier alpha value is -0.570. The smallest absolute Gasteiger partial charge is 0.0435 e. The number of nitrogens with zero attached hydrogens (tertiary/aromatic N) is 1. The lowest BCUT2D eigenvalue weighted by Crippen LogP contribution is -2.04. The zero-order valence-electron chi connectivity index (χ0n) is 8.54. The molecule has 0 aliphatic rings. The topological polar surface area (TPSA) is 38.9 Å². The Balaban J connectivity index is 2.43.